The Labute approximate surface area is 120 Å². The topological polar surface area (TPSA) is 49.8 Å². The molecular formula is C16H23NO3. The van der Waals surface area contributed by atoms with Crippen LogP contribution >= 0.6 is 0 Å². The maximum Gasteiger partial charge on any atom is 0.305 e. The monoisotopic (exact) mass is 277 g/mol. The van der Waals surface area contributed by atoms with Gasteiger partial charge in [0.2, 0.25) is 0 Å². The van der Waals surface area contributed by atoms with E-state index in [1.165, 1.54) is 0 Å². The van der Waals surface area contributed by atoms with Gasteiger partial charge in [-0.2, -0.15) is 0 Å². The molecule has 1 heterocycles. The molecule has 2 rings (SSSR count). The van der Waals surface area contributed by atoms with E-state index in [-0.39, 0.29) is 12.3 Å². The van der Waals surface area contributed by atoms with Gasteiger partial charge >= 0.3 is 5.97 Å². The zero-order chi connectivity index (χ0) is 14.8. The van der Waals surface area contributed by atoms with E-state index in [4.69, 9.17) is 4.74 Å². The predicted molar refractivity (Wildman–Crippen MR) is 78.0 cm³/mol. The molecule has 4 heteroatoms. The lowest BCUT2D eigenvalue weighted by atomic mass is 9.73. The van der Waals surface area contributed by atoms with Gasteiger partial charge in [0.15, 0.2) is 0 Å². The van der Waals surface area contributed by atoms with Crippen molar-refractivity contribution >= 4 is 5.97 Å². The Bertz CT molecular complexity index is 484. The van der Waals surface area contributed by atoms with Crippen LogP contribution in [-0.2, 0) is 10.3 Å². The highest BCUT2D eigenvalue weighted by Crippen LogP contribution is 2.46. The zero-order valence-corrected chi connectivity index (χ0v) is 12.4. The van der Waals surface area contributed by atoms with Crippen molar-refractivity contribution < 1.29 is 14.6 Å². The van der Waals surface area contributed by atoms with Crippen molar-refractivity contribution in [1.82, 2.24) is 4.90 Å². The molecule has 0 aromatic heterocycles. The maximum atomic E-state index is 11.5. The number of carboxylic acids is 1. The van der Waals surface area contributed by atoms with Crippen LogP contribution in [0.1, 0.15) is 32.8 Å². The molecule has 0 amide bonds. The van der Waals surface area contributed by atoms with Crippen LogP contribution in [0.4, 0.5) is 0 Å². The Balaban J connectivity index is 2.61. The first-order valence-corrected chi connectivity index (χ1v) is 7.25. The second-order valence-corrected chi connectivity index (χ2v) is 5.38. The summed E-state index contributed by atoms with van der Waals surface area (Å²) in [5.74, 6) is 0.188. The Morgan fingerprint density at radius 3 is 2.65 bits per heavy atom. The van der Waals surface area contributed by atoms with E-state index in [1.54, 1.807) is 0 Å². The molecule has 0 aliphatic carbocycles. The van der Waals surface area contributed by atoms with Crippen molar-refractivity contribution in [3.05, 3.63) is 29.8 Å². The molecule has 1 N–H and O–H groups in total. The number of benzene rings is 1. The second kappa shape index (κ2) is 5.83. The van der Waals surface area contributed by atoms with Crippen molar-refractivity contribution in [2.24, 2.45) is 5.92 Å². The molecule has 0 fully saturated rings. The number of nitrogens with zero attached hydrogens (tertiary/aromatic N) is 1. The third-order valence-electron chi connectivity index (χ3n) is 4.41. The molecule has 1 aliphatic heterocycles. The smallest absolute Gasteiger partial charge is 0.305 e. The molecule has 0 radical (unpaired) electrons. The van der Waals surface area contributed by atoms with E-state index in [2.05, 4.69) is 25.7 Å². The second-order valence-electron chi connectivity index (χ2n) is 5.38. The Morgan fingerprint density at radius 2 is 2.05 bits per heavy atom. The van der Waals surface area contributed by atoms with E-state index in [9.17, 15) is 9.90 Å². The summed E-state index contributed by atoms with van der Waals surface area (Å²) in [7, 11) is 0. The summed E-state index contributed by atoms with van der Waals surface area (Å²) in [6.07, 6.45) is 0.107. The first-order valence-electron chi connectivity index (χ1n) is 7.25. The minimum absolute atomic E-state index is 0.107. The van der Waals surface area contributed by atoms with Gasteiger partial charge in [0.25, 0.3) is 0 Å². The number of hydrogen-bond donors (Lipinski definition) is 1. The number of rotatable bonds is 5. The first kappa shape index (κ1) is 14.9. The Hall–Kier alpha value is -1.55. The Kier molecular flexibility index (Phi) is 4.33. The molecule has 0 saturated carbocycles. The Morgan fingerprint density at radius 1 is 1.40 bits per heavy atom. The van der Waals surface area contributed by atoms with E-state index < -0.39 is 11.5 Å². The number of hydrogen-bond acceptors (Lipinski definition) is 3. The van der Waals surface area contributed by atoms with Gasteiger partial charge < -0.3 is 9.84 Å². The standard InChI is InChI=1S/C16H23NO3/c1-4-17(5-2)16(10-15(18)19)12(3)11-20-14-9-7-6-8-13(14)16/h6-9,12H,4-5,10-11H2,1-3H3,(H,18,19). The summed E-state index contributed by atoms with van der Waals surface area (Å²) in [6, 6.07) is 7.83. The fourth-order valence-electron chi connectivity index (χ4n) is 3.45. The van der Waals surface area contributed by atoms with Crippen molar-refractivity contribution in [2.45, 2.75) is 32.7 Å². The minimum Gasteiger partial charge on any atom is -0.493 e. The molecule has 0 spiro atoms. The first-order chi connectivity index (χ1) is 9.56. The van der Waals surface area contributed by atoms with Gasteiger partial charge in [-0.1, -0.05) is 39.0 Å². The average molecular weight is 277 g/mol. The highest BCUT2D eigenvalue weighted by molar-refractivity contribution is 5.69. The number of fused-ring (bicyclic) bond motifs is 1. The highest BCUT2D eigenvalue weighted by atomic mass is 16.5. The van der Waals surface area contributed by atoms with Crippen LogP contribution in [0.3, 0.4) is 0 Å². The molecular weight excluding hydrogens is 254 g/mol. The number of aliphatic carboxylic acids is 1. The van der Waals surface area contributed by atoms with Crippen molar-refractivity contribution in [3.63, 3.8) is 0 Å². The summed E-state index contributed by atoms with van der Waals surface area (Å²) >= 11 is 0. The van der Waals surface area contributed by atoms with E-state index in [1.807, 2.05) is 24.3 Å². The van der Waals surface area contributed by atoms with Gasteiger partial charge in [0.1, 0.15) is 5.75 Å². The van der Waals surface area contributed by atoms with Crippen LogP contribution in [0.25, 0.3) is 0 Å². The van der Waals surface area contributed by atoms with Gasteiger partial charge in [-0.15, -0.1) is 0 Å². The third kappa shape index (κ3) is 2.29. The predicted octanol–water partition coefficient (Wildman–Crippen LogP) is 2.73. The van der Waals surface area contributed by atoms with E-state index >= 15 is 0 Å². The van der Waals surface area contributed by atoms with Crippen LogP contribution in [0.2, 0.25) is 0 Å². The summed E-state index contributed by atoms with van der Waals surface area (Å²) in [5, 5.41) is 9.45. The van der Waals surface area contributed by atoms with Gasteiger partial charge in [-0.25, -0.2) is 0 Å². The normalized spacial score (nSPS) is 25.1. The fourth-order valence-corrected chi connectivity index (χ4v) is 3.45. The molecule has 2 atom stereocenters. The van der Waals surface area contributed by atoms with Crippen LogP contribution < -0.4 is 4.74 Å². The molecule has 0 saturated heterocycles. The van der Waals surface area contributed by atoms with Crippen molar-refractivity contribution in [2.75, 3.05) is 19.7 Å². The minimum atomic E-state index is -0.763. The third-order valence-corrected chi connectivity index (χ3v) is 4.41. The van der Waals surface area contributed by atoms with Crippen LogP contribution in [0.15, 0.2) is 24.3 Å². The molecule has 0 bridgehead atoms. The lowest BCUT2D eigenvalue weighted by Gasteiger charge is -2.49. The number of carbonyl (C=O) groups is 1. The lowest BCUT2D eigenvalue weighted by Crippen LogP contribution is -2.55. The summed E-state index contributed by atoms with van der Waals surface area (Å²) < 4.78 is 5.79. The average Bonchev–Trinajstić information content (AvgIpc) is 2.43. The molecule has 1 aliphatic rings. The lowest BCUT2D eigenvalue weighted by molar-refractivity contribution is -0.143. The van der Waals surface area contributed by atoms with Gasteiger partial charge in [-0.3, -0.25) is 9.69 Å². The molecule has 1 aromatic rings. The quantitative estimate of drug-likeness (QED) is 0.899. The van der Waals surface area contributed by atoms with E-state index in [0.29, 0.717) is 6.61 Å². The van der Waals surface area contributed by atoms with Crippen LogP contribution in [0.5, 0.6) is 5.75 Å². The fraction of sp³-hybridized carbons (Fsp3) is 0.562. The summed E-state index contributed by atoms with van der Waals surface area (Å²) in [5.41, 5.74) is 0.523. The molecule has 1 aromatic carbocycles. The van der Waals surface area contributed by atoms with Crippen molar-refractivity contribution in [3.8, 4) is 5.75 Å². The van der Waals surface area contributed by atoms with Gasteiger partial charge in [0.05, 0.1) is 18.6 Å². The van der Waals surface area contributed by atoms with Crippen LogP contribution in [-0.4, -0.2) is 35.7 Å². The van der Waals surface area contributed by atoms with Gasteiger partial charge in [0, 0.05) is 11.5 Å². The molecule has 20 heavy (non-hydrogen) atoms. The molecule has 110 valence electrons. The SMILES string of the molecule is CCN(CC)C1(CC(=O)O)c2ccccc2OCC1C. The molecule has 4 nitrogen and oxygen atoms in total. The maximum absolute atomic E-state index is 11.5. The molecule has 2 unspecified atom stereocenters. The highest BCUT2D eigenvalue weighted by Gasteiger charge is 2.48. The zero-order valence-electron chi connectivity index (χ0n) is 12.4. The van der Waals surface area contributed by atoms with Crippen molar-refractivity contribution in [1.29, 1.82) is 0 Å². The van der Waals surface area contributed by atoms with E-state index in [0.717, 1.165) is 24.4 Å². The largest absolute Gasteiger partial charge is 0.493 e. The summed E-state index contributed by atoms with van der Waals surface area (Å²) in [6.45, 7) is 8.44. The number of carboxylic acid groups (broad SMARTS) is 1. The summed E-state index contributed by atoms with van der Waals surface area (Å²) in [4.78, 5) is 13.8. The number of ether oxygens (including phenoxy) is 1. The van der Waals surface area contributed by atoms with Crippen LogP contribution in [0, 0.1) is 5.92 Å². The van der Waals surface area contributed by atoms with Gasteiger partial charge in [-0.05, 0) is 19.2 Å². The number of para-hydroxylation sites is 1.